The van der Waals surface area contributed by atoms with Gasteiger partial charge in [-0.05, 0) is 88.6 Å². The minimum Gasteiger partial charge on any atom is -0.444 e. The summed E-state index contributed by atoms with van der Waals surface area (Å²) in [6, 6.07) is 21.0. The van der Waals surface area contributed by atoms with E-state index in [-0.39, 0.29) is 44.2 Å². The molecule has 0 saturated heterocycles. The molecule has 4 aromatic rings. The summed E-state index contributed by atoms with van der Waals surface area (Å²) in [7, 11) is 0. The van der Waals surface area contributed by atoms with Gasteiger partial charge in [-0.2, -0.15) is 0 Å². The van der Waals surface area contributed by atoms with Crippen LogP contribution in [0.5, 0.6) is 0 Å². The first-order chi connectivity index (χ1) is 28.2. The molecule has 0 unspecified atom stereocenters. The SMILES string of the molecule is Cc1ccccc1NC(=O)NCCCC[C@H](NC(=O)[C@H](Cc1c[nH]c2ccccc12)NC(=O)OC(C)(C)C)C(=O)NCCCCC(=O)N[C@@H](Cc1ccccc1)C(N)=O. The number of urea groups is 1. The lowest BCUT2D eigenvalue weighted by Crippen LogP contribution is -2.55. The Labute approximate surface area is 345 Å². The van der Waals surface area contributed by atoms with Crippen LogP contribution >= 0.6 is 0 Å². The van der Waals surface area contributed by atoms with Gasteiger partial charge in [-0.1, -0.05) is 66.7 Å². The molecule has 316 valence electrons. The second-order valence-electron chi connectivity index (χ2n) is 15.5. The fourth-order valence-corrected chi connectivity index (χ4v) is 6.36. The quantitative estimate of drug-likeness (QED) is 0.0544. The summed E-state index contributed by atoms with van der Waals surface area (Å²) in [6.45, 7) is 7.61. The molecule has 0 aliphatic carbocycles. The number of nitrogens with two attached hydrogens (primary N) is 1. The summed E-state index contributed by atoms with van der Waals surface area (Å²) in [4.78, 5) is 81.0. The zero-order valence-corrected chi connectivity index (χ0v) is 34.3. The Bertz CT molecular complexity index is 2030. The van der Waals surface area contributed by atoms with Gasteiger partial charge in [0, 0.05) is 55.1 Å². The number of aryl methyl sites for hydroxylation is 1. The van der Waals surface area contributed by atoms with E-state index < -0.39 is 47.5 Å². The molecule has 59 heavy (non-hydrogen) atoms. The Kier molecular flexibility index (Phi) is 17.3. The smallest absolute Gasteiger partial charge is 0.408 e. The van der Waals surface area contributed by atoms with Crippen LogP contribution in [0.2, 0.25) is 0 Å². The Balaban J connectivity index is 1.36. The summed E-state index contributed by atoms with van der Waals surface area (Å²) in [5.74, 6) is -1.98. The van der Waals surface area contributed by atoms with Crippen LogP contribution in [0.4, 0.5) is 15.3 Å². The fourth-order valence-electron chi connectivity index (χ4n) is 6.36. The average molecular weight is 811 g/mol. The van der Waals surface area contributed by atoms with Crippen molar-refractivity contribution < 1.29 is 33.5 Å². The van der Waals surface area contributed by atoms with Crippen LogP contribution in [0, 0.1) is 6.92 Å². The summed E-state index contributed by atoms with van der Waals surface area (Å²) < 4.78 is 5.48. The van der Waals surface area contributed by atoms with E-state index in [0.29, 0.717) is 37.9 Å². The topological polar surface area (TPSA) is 226 Å². The number of hydrogen-bond acceptors (Lipinski definition) is 7. The van der Waals surface area contributed by atoms with Crippen molar-refractivity contribution in [1.82, 2.24) is 31.6 Å². The first-order valence-corrected chi connectivity index (χ1v) is 20.0. The van der Waals surface area contributed by atoms with Crippen molar-refractivity contribution in [3.63, 3.8) is 0 Å². The van der Waals surface area contributed by atoms with Crippen LogP contribution in [0.15, 0.2) is 85.1 Å². The number of amides is 7. The Morgan fingerprint density at radius 3 is 2.12 bits per heavy atom. The number of unbranched alkanes of at least 4 members (excludes halogenated alkanes) is 2. The summed E-state index contributed by atoms with van der Waals surface area (Å²) in [5.41, 5.74) is 8.88. The number of para-hydroxylation sites is 2. The number of carbonyl (C=O) groups is 6. The number of nitrogens with one attached hydrogen (secondary N) is 7. The van der Waals surface area contributed by atoms with Gasteiger partial charge >= 0.3 is 12.1 Å². The van der Waals surface area contributed by atoms with Gasteiger partial charge in [0.15, 0.2) is 0 Å². The van der Waals surface area contributed by atoms with Gasteiger partial charge in [-0.15, -0.1) is 0 Å². The molecular weight excluding hydrogens is 753 g/mol. The first-order valence-electron chi connectivity index (χ1n) is 20.0. The molecule has 7 amide bonds. The highest BCUT2D eigenvalue weighted by Gasteiger charge is 2.29. The van der Waals surface area contributed by atoms with Crippen molar-refractivity contribution in [2.45, 2.75) is 103 Å². The zero-order valence-electron chi connectivity index (χ0n) is 34.3. The molecule has 0 spiro atoms. The van der Waals surface area contributed by atoms with E-state index in [0.717, 1.165) is 27.6 Å². The van der Waals surface area contributed by atoms with E-state index >= 15 is 0 Å². The maximum absolute atomic E-state index is 14.0. The maximum atomic E-state index is 14.0. The maximum Gasteiger partial charge on any atom is 0.408 e. The molecule has 3 atom stereocenters. The number of aromatic nitrogens is 1. The molecule has 0 bridgehead atoms. The van der Waals surface area contributed by atoms with Crippen LogP contribution in [0.25, 0.3) is 10.9 Å². The number of fused-ring (bicyclic) bond motifs is 1. The second-order valence-corrected chi connectivity index (χ2v) is 15.5. The average Bonchev–Trinajstić information content (AvgIpc) is 3.59. The van der Waals surface area contributed by atoms with Gasteiger partial charge in [-0.25, -0.2) is 9.59 Å². The van der Waals surface area contributed by atoms with Gasteiger partial charge in [0.2, 0.25) is 23.6 Å². The number of rotatable bonds is 21. The molecule has 9 N–H and O–H groups in total. The Hall–Kier alpha value is -6.38. The van der Waals surface area contributed by atoms with Crippen LogP contribution in [0.3, 0.4) is 0 Å². The van der Waals surface area contributed by atoms with Crippen molar-refractivity contribution in [1.29, 1.82) is 0 Å². The van der Waals surface area contributed by atoms with E-state index in [1.807, 2.05) is 85.8 Å². The number of H-pyrrole nitrogens is 1. The lowest BCUT2D eigenvalue weighted by atomic mass is 10.0. The largest absolute Gasteiger partial charge is 0.444 e. The van der Waals surface area contributed by atoms with Gasteiger partial charge in [0.25, 0.3) is 0 Å². The van der Waals surface area contributed by atoms with E-state index in [9.17, 15) is 28.8 Å². The van der Waals surface area contributed by atoms with E-state index in [2.05, 4.69) is 36.9 Å². The number of hydrogen-bond donors (Lipinski definition) is 8. The molecule has 3 aromatic carbocycles. The molecule has 1 aromatic heterocycles. The number of carbonyl (C=O) groups excluding carboxylic acids is 6. The van der Waals surface area contributed by atoms with E-state index in [4.69, 9.17) is 10.5 Å². The lowest BCUT2D eigenvalue weighted by Gasteiger charge is -2.25. The molecule has 15 nitrogen and oxygen atoms in total. The Morgan fingerprint density at radius 2 is 1.39 bits per heavy atom. The van der Waals surface area contributed by atoms with E-state index in [1.165, 1.54) is 0 Å². The first kappa shape index (κ1) is 45.3. The number of ether oxygens (including phenoxy) is 1. The third-order valence-electron chi connectivity index (χ3n) is 9.43. The van der Waals surface area contributed by atoms with Crippen molar-refractivity contribution in [3.8, 4) is 0 Å². The summed E-state index contributed by atoms with van der Waals surface area (Å²) in [6.07, 6.45) is 3.61. The van der Waals surface area contributed by atoms with Crippen LogP contribution < -0.4 is 37.6 Å². The number of aromatic amines is 1. The van der Waals surface area contributed by atoms with Crippen molar-refractivity contribution >= 4 is 52.3 Å². The minimum absolute atomic E-state index is 0.116. The molecule has 0 saturated carbocycles. The summed E-state index contributed by atoms with van der Waals surface area (Å²) >= 11 is 0. The Morgan fingerprint density at radius 1 is 0.712 bits per heavy atom. The summed E-state index contributed by atoms with van der Waals surface area (Å²) in [5, 5.41) is 17.7. The fraction of sp³-hybridized carbons (Fsp3) is 0.409. The molecule has 0 radical (unpaired) electrons. The van der Waals surface area contributed by atoms with Crippen molar-refractivity contribution in [2.24, 2.45) is 5.73 Å². The molecular formula is C44H58N8O7. The third-order valence-corrected chi connectivity index (χ3v) is 9.43. The number of anilines is 1. The van der Waals surface area contributed by atoms with Gasteiger partial charge in [-0.3, -0.25) is 19.2 Å². The monoisotopic (exact) mass is 810 g/mol. The molecule has 4 rings (SSSR count). The standard InChI is InChI=1S/C44H58N8O7/c1-29-16-8-10-20-33(29)51-42(57)47-25-14-12-22-35(40(55)46-24-15-13-23-38(53)49-36(39(45)54)26-30-17-6-5-7-18-30)50-41(56)37(52-43(58)59-44(2,3)4)27-31-28-48-34-21-11-9-19-32(31)34/h5-11,16-21,28,35-37,48H,12-15,22-27H2,1-4H3,(H2,45,54)(H,46,55)(H,49,53)(H,50,56)(H,52,58)(H2,47,51,57)/t35-,36-,37-/m0/s1. The number of alkyl carbamates (subject to hydrolysis) is 1. The number of primary amides is 1. The van der Waals surface area contributed by atoms with Crippen LogP contribution in [-0.2, 0) is 36.8 Å². The highest BCUT2D eigenvalue weighted by molar-refractivity contribution is 5.93. The van der Waals surface area contributed by atoms with Crippen LogP contribution in [-0.4, -0.2) is 77.6 Å². The molecule has 0 aliphatic rings. The predicted octanol–water partition coefficient (Wildman–Crippen LogP) is 4.89. The zero-order chi connectivity index (χ0) is 42.8. The van der Waals surface area contributed by atoms with Gasteiger partial charge < -0.3 is 47.4 Å². The third kappa shape index (κ3) is 15.8. The minimum atomic E-state index is -1.09. The highest BCUT2D eigenvalue weighted by atomic mass is 16.6. The number of benzene rings is 3. The molecule has 15 heteroatoms. The second kappa shape index (κ2) is 22.5. The van der Waals surface area contributed by atoms with E-state index in [1.54, 1.807) is 27.0 Å². The van der Waals surface area contributed by atoms with Gasteiger partial charge in [0.1, 0.15) is 23.7 Å². The van der Waals surface area contributed by atoms with Gasteiger partial charge in [0.05, 0.1) is 0 Å². The molecule has 1 heterocycles. The lowest BCUT2D eigenvalue weighted by molar-refractivity contribution is -0.130. The van der Waals surface area contributed by atoms with Crippen LogP contribution in [0.1, 0.15) is 76.0 Å². The van der Waals surface area contributed by atoms with Crippen molar-refractivity contribution in [3.05, 3.63) is 102 Å². The molecule has 0 fully saturated rings. The molecule has 0 aliphatic heterocycles. The predicted molar refractivity (Wildman–Crippen MR) is 227 cm³/mol. The van der Waals surface area contributed by atoms with Crippen molar-refractivity contribution in [2.75, 3.05) is 18.4 Å². The normalized spacial score (nSPS) is 12.7. The highest BCUT2D eigenvalue weighted by Crippen LogP contribution is 2.20.